The van der Waals surface area contributed by atoms with E-state index in [4.69, 9.17) is 16.6 Å². The van der Waals surface area contributed by atoms with Crippen LogP contribution in [0, 0.1) is 0 Å². The Morgan fingerprint density at radius 3 is 2.17 bits per heavy atom. The fourth-order valence-electron chi connectivity index (χ4n) is 0.632. The largest absolute Gasteiger partial charge is 0.480 e. The normalized spacial score (nSPS) is 10.8. The minimum absolute atomic E-state index is 0. The number of aliphatic carboxylic acids is 1. The molecular weight excluding hydrogens is 204 g/mol. The predicted molar refractivity (Wildman–Crippen MR) is 53.0 cm³/mol. The fraction of sp³-hybridized carbons (Fsp3) is 0.833. The molecule has 0 aromatic carbocycles. The highest BCUT2D eigenvalue weighted by Gasteiger charge is 2.09. The van der Waals surface area contributed by atoms with Crippen LogP contribution >= 0.6 is 24.8 Å². The molecule has 0 aromatic heterocycles. The van der Waals surface area contributed by atoms with Gasteiger partial charge in [0.2, 0.25) is 0 Å². The maximum Gasteiger partial charge on any atom is 0.320 e. The summed E-state index contributed by atoms with van der Waals surface area (Å²) in [7, 11) is 0. The Balaban J connectivity index is -0.000000405. The molecule has 0 aliphatic rings. The second kappa shape index (κ2) is 11.0. The monoisotopic (exact) mass is 219 g/mol. The Labute approximate surface area is 84.5 Å². The van der Waals surface area contributed by atoms with Gasteiger partial charge in [0.1, 0.15) is 6.04 Å². The van der Waals surface area contributed by atoms with Crippen LogP contribution in [0.25, 0.3) is 0 Å². The molecule has 0 aliphatic carbocycles. The van der Waals surface area contributed by atoms with E-state index in [0.717, 1.165) is 12.8 Å². The van der Waals surface area contributed by atoms with E-state index in [1.165, 1.54) is 0 Å². The molecule has 0 rings (SSSR count). The van der Waals surface area contributed by atoms with Gasteiger partial charge in [0.15, 0.2) is 0 Å². The lowest BCUT2D eigenvalue weighted by atomic mass is 10.1. The third kappa shape index (κ3) is 9.97. The molecule has 0 aromatic rings. The van der Waals surface area contributed by atoms with Crippen molar-refractivity contribution >= 4 is 30.8 Å². The van der Waals surface area contributed by atoms with E-state index in [-0.39, 0.29) is 24.8 Å². The second-order valence-electron chi connectivity index (χ2n) is 2.23. The molecular formula is C6H16Cl2N2O2. The summed E-state index contributed by atoms with van der Waals surface area (Å²) in [4.78, 5) is 10.1. The molecule has 1 atom stereocenters. The van der Waals surface area contributed by atoms with Gasteiger partial charge in [-0.2, -0.15) is 0 Å². The predicted octanol–water partition coefficient (Wildman–Crippen LogP) is 0.371. The van der Waals surface area contributed by atoms with E-state index < -0.39 is 12.0 Å². The lowest BCUT2D eigenvalue weighted by Crippen LogP contribution is -2.29. The zero-order valence-corrected chi connectivity index (χ0v) is 8.37. The molecule has 0 saturated carbocycles. The van der Waals surface area contributed by atoms with Gasteiger partial charge in [-0.15, -0.1) is 24.8 Å². The van der Waals surface area contributed by atoms with Crippen molar-refractivity contribution in [1.29, 1.82) is 0 Å². The Bertz CT molecular complexity index is 114. The van der Waals surface area contributed by atoms with Gasteiger partial charge in [-0.3, -0.25) is 4.79 Å². The first-order chi connectivity index (χ1) is 4.68. The third-order valence-corrected chi connectivity index (χ3v) is 1.29. The average molecular weight is 220 g/mol. The van der Waals surface area contributed by atoms with Crippen molar-refractivity contribution < 1.29 is 9.90 Å². The summed E-state index contributed by atoms with van der Waals surface area (Å²) in [6, 6.07) is -0.716. The van der Waals surface area contributed by atoms with E-state index in [1.807, 2.05) is 0 Å². The van der Waals surface area contributed by atoms with E-state index in [9.17, 15) is 4.79 Å². The van der Waals surface area contributed by atoms with E-state index in [2.05, 4.69) is 0 Å². The number of nitrogens with two attached hydrogens (primary N) is 2. The number of carbonyl (C=O) groups is 1. The molecule has 0 fully saturated rings. The molecule has 76 valence electrons. The van der Waals surface area contributed by atoms with Gasteiger partial charge >= 0.3 is 5.97 Å². The van der Waals surface area contributed by atoms with Crippen LogP contribution in [0.1, 0.15) is 19.3 Å². The lowest BCUT2D eigenvalue weighted by Gasteiger charge is -2.03. The van der Waals surface area contributed by atoms with Crippen molar-refractivity contribution in [2.24, 2.45) is 11.5 Å². The summed E-state index contributed by atoms with van der Waals surface area (Å²) >= 11 is 0. The minimum atomic E-state index is -0.933. The van der Waals surface area contributed by atoms with Crippen molar-refractivity contribution in [3.63, 3.8) is 0 Å². The molecule has 5 N–H and O–H groups in total. The maximum atomic E-state index is 10.1. The van der Waals surface area contributed by atoms with Gasteiger partial charge in [0.25, 0.3) is 0 Å². The van der Waals surface area contributed by atoms with Gasteiger partial charge in [0.05, 0.1) is 0 Å². The first kappa shape index (κ1) is 17.9. The summed E-state index contributed by atoms with van der Waals surface area (Å²) < 4.78 is 0. The van der Waals surface area contributed by atoms with Crippen molar-refractivity contribution in [3.05, 3.63) is 0 Å². The van der Waals surface area contributed by atoms with Crippen LogP contribution in [0.3, 0.4) is 0 Å². The molecule has 0 unspecified atom stereocenters. The Morgan fingerprint density at radius 1 is 1.33 bits per heavy atom. The van der Waals surface area contributed by atoms with Crippen molar-refractivity contribution in [3.8, 4) is 0 Å². The summed E-state index contributed by atoms with van der Waals surface area (Å²) in [5.41, 5.74) is 10.4. The number of hydrogen-bond donors (Lipinski definition) is 3. The van der Waals surface area contributed by atoms with Crippen LogP contribution in [0.4, 0.5) is 0 Å². The van der Waals surface area contributed by atoms with Crippen molar-refractivity contribution in [2.75, 3.05) is 6.54 Å². The highest BCUT2D eigenvalue weighted by Crippen LogP contribution is 1.96. The van der Waals surface area contributed by atoms with E-state index in [1.54, 1.807) is 0 Å². The number of carboxylic acids is 1. The number of unbranched alkanes of at least 4 members (excludes halogenated alkanes) is 1. The third-order valence-electron chi connectivity index (χ3n) is 1.29. The molecule has 0 bridgehead atoms. The SMILES string of the molecule is Cl.Cl.N[13CH2]CCC[C@H](N)C(=O)O. The maximum absolute atomic E-state index is 10.1. The van der Waals surface area contributed by atoms with Crippen LogP contribution < -0.4 is 11.5 Å². The molecule has 0 amide bonds. The zero-order valence-electron chi connectivity index (χ0n) is 6.73. The van der Waals surface area contributed by atoms with Gasteiger partial charge in [-0.1, -0.05) is 6.42 Å². The van der Waals surface area contributed by atoms with Gasteiger partial charge in [0, 0.05) is 0 Å². The van der Waals surface area contributed by atoms with Crippen LogP contribution in [0.2, 0.25) is 0 Å². The summed E-state index contributed by atoms with van der Waals surface area (Å²) in [6.45, 7) is 0.604. The minimum Gasteiger partial charge on any atom is -0.480 e. The number of rotatable bonds is 5. The highest BCUT2D eigenvalue weighted by molar-refractivity contribution is 5.85. The number of carboxylic acid groups (broad SMARTS) is 1. The topological polar surface area (TPSA) is 89.3 Å². The number of hydrogen-bond acceptors (Lipinski definition) is 3. The molecule has 0 radical (unpaired) electrons. The first-order valence-corrected chi connectivity index (χ1v) is 3.37. The van der Waals surface area contributed by atoms with Crippen LogP contribution in [-0.2, 0) is 4.79 Å². The molecule has 4 nitrogen and oxygen atoms in total. The summed E-state index contributed by atoms with van der Waals surface area (Å²) in [6.07, 6.45) is 2.16. The van der Waals surface area contributed by atoms with Crippen molar-refractivity contribution in [2.45, 2.75) is 25.3 Å². The lowest BCUT2D eigenvalue weighted by molar-refractivity contribution is -0.138. The van der Waals surface area contributed by atoms with Gasteiger partial charge in [-0.25, -0.2) is 0 Å². The van der Waals surface area contributed by atoms with Gasteiger partial charge < -0.3 is 16.6 Å². The molecule has 6 heteroatoms. The molecule has 12 heavy (non-hydrogen) atoms. The van der Waals surface area contributed by atoms with Crippen LogP contribution in [0.5, 0.6) is 0 Å². The Kier molecular flexibility index (Phi) is 16.4. The molecule has 0 saturated heterocycles. The fourth-order valence-corrected chi connectivity index (χ4v) is 0.632. The zero-order chi connectivity index (χ0) is 7.98. The van der Waals surface area contributed by atoms with E-state index in [0.29, 0.717) is 13.0 Å². The van der Waals surface area contributed by atoms with Crippen LogP contribution in [-0.4, -0.2) is 23.7 Å². The Morgan fingerprint density at radius 2 is 1.83 bits per heavy atom. The van der Waals surface area contributed by atoms with E-state index >= 15 is 0 Å². The van der Waals surface area contributed by atoms with Crippen molar-refractivity contribution in [1.82, 2.24) is 0 Å². The smallest absolute Gasteiger partial charge is 0.320 e. The average Bonchev–Trinajstić information content (AvgIpc) is 1.88. The summed E-state index contributed by atoms with van der Waals surface area (Å²) in [5, 5.41) is 8.33. The van der Waals surface area contributed by atoms with Gasteiger partial charge in [-0.05, 0) is 19.4 Å². The number of halogens is 2. The second-order valence-corrected chi connectivity index (χ2v) is 2.23. The molecule has 0 spiro atoms. The first-order valence-electron chi connectivity index (χ1n) is 3.37. The molecule has 0 heterocycles. The van der Waals surface area contributed by atoms with Crippen LogP contribution in [0.15, 0.2) is 0 Å². The Hall–Kier alpha value is -0.0300. The standard InChI is InChI=1S/C6H14N2O2.2ClH/c7-4-2-1-3-5(8)6(9)10;;/h5H,1-4,7-8H2,(H,9,10);2*1H/t5-;;/m0../s1/i4+1;;. The highest BCUT2D eigenvalue weighted by atomic mass is 35.5. The molecule has 0 aliphatic heterocycles. The quantitative estimate of drug-likeness (QED) is 0.461. The summed E-state index contributed by atoms with van der Waals surface area (Å²) in [5.74, 6) is -0.933.